The number of nitrogens with zero attached hydrogens (tertiary/aromatic N) is 3. The molecule has 0 saturated heterocycles. The molecular formula is C21H22N4O2. The molecule has 1 N–H and O–H groups in total. The van der Waals surface area contributed by atoms with E-state index in [0.717, 1.165) is 22.9 Å². The molecule has 1 heterocycles. The first kappa shape index (κ1) is 18.4. The summed E-state index contributed by atoms with van der Waals surface area (Å²) < 4.78 is 5.00. The van der Waals surface area contributed by atoms with Crippen molar-refractivity contribution in [2.24, 2.45) is 0 Å². The Balaban J connectivity index is 1.79. The lowest BCUT2D eigenvalue weighted by atomic mass is 10.2. The molecule has 0 unspecified atom stereocenters. The van der Waals surface area contributed by atoms with Crippen LogP contribution in [0.25, 0.3) is 0 Å². The van der Waals surface area contributed by atoms with E-state index in [-0.39, 0.29) is 5.97 Å². The number of hydrogen-bond acceptors (Lipinski definition) is 6. The fraction of sp³-hybridized carbons (Fsp3) is 0.190. The number of aromatic nitrogens is 2. The van der Waals surface area contributed by atoms with Crippen LogP contribution < -0.4 is 10.2 Å². The van der Waals surface area contributed by atoms with Crippen molar-refractivity contribution in [3.05, 3.63) is 71.9 Å². The standard InChI is InChI=1S/C21H22N4O2/c1-4-27-20(26)16-10-12-17(13-11-16)23-21-22-15(2)14-19(24-21)25(3)18-8-6-5-7-9-18/h5-14H,4H2,1-3H3,(H,22,23,24). The number of hydrogen-bond donors (Lipinski definition) is 1. The Morgan fingerprint density at radius 3 is 2.44 bits per heavy atom. The summed E-state index contributed by atoms with van der Waals surface area (Å²) in [7, 11) is 1.97. The second-order valence-corrected chi connectivity index (χ2v) is 6.01. The molecule has 0 radical (unpaired) electrons. The number of rotatable bonds is 6. The van der Waals surface area contributed by atoms with Crippen molar-refractivity contribution in [3.8, 4) is 0 Å². The molecule has 138 valence electrons. The lowest BCUT2D eigenvalue weighted by Crippen LogP contribution is -2.13. The zero-order chi connectivity index (χ0) is 19.2. The Hall–Kier alpha value is -3.41. The van der Waals surface area contributed by atoms with Gasteiger partial charge in [0.25, 0.3) is 0 Å². The first-order valence-electron chi connectivity index (χ1n) is 8.75. The third-order valence-corrected chi connectivity index (χ3v) is 3.98. The van der Waals surface area contributed by atoms with E-state index >= 15 is 0 Å². The highest BCUT2D eigenvalue weighted by Crippen LogP contribution is 2.24. The molecule has 0 saturated carbocycles. The number of benzene rings is 2. The molecule has 6 nitrogen and oxygen atoms in total. The smallest absolute Gasteiger partial charge is 0.338 e. The van der Waals surface area contributed by atoms with Crippen LogP contribution >= 0.6 is 0 Å². The van der Waals surface area contributed by atoms with Gasteiger partial charge < -0.3 is 15.0 Å². The van der Waals surface area contributed by atoms with Crippen molar-refractivity contribution >= 4 is 29.1 Å². The highest BCUT2D eigenvalue weighted by molar-refractivity contribution is 5.89. The molecule has 0 atom stereocenters. The molecule has 0 aliphatic heterocycles. The van der Waals surface area contributed by atoms with Crippen LogP contribution in [0.4, 0.5) is 23.1 Å². The molecular weight excluding hydrogens is 340 g/mol. The first-order valence-corrected chi connectivity index (χ1v) is 8.75. The SMILES string of the molecule is CCOC(=O)c1ccc(Nc2nc(C)cc(N(C)c3ccccc3)n2)cc1. The highest BCUT2D eigenvalue weighted by atomic mass is 16.5. The van der Waals surface area contributed by atoms with E-state index in [2.05, 4.69) is 15.3 Å². The first-order chi connectivity index (χ1) is 13.1. The molecule has 3 aromatic rings. The van der Waals surface area contributed by atoms with Crippen LogP contribution in [0.2, 0.25) is 0 Å². The predicted octanol–water partition coefficient (Wildman–Crippen LogP) is 4.47. The van der Waals surface area contributed by atoms with Gasteiger partial charge in [-0.3, -0.25) is 0 Å². The van der Waals surface area contributed by atoms with Gasteiger partial charge in [0, 0.05) is 30.2 Å². The number of esters is 1. The second-order valence-electron chi connectivity index (χ2n) is 6.01. The van der Waals surface area contributed by atoms with Gasteiger partial charge in [-0.1, -0.05) is 18.2 Å². The zero-order valence-corrected chi connectivity index (χ0v) is 15.6. The molecule has 0 aliphatic rings. The van der Waals surface area contributed by atoms with Gasteiger partial charge in [-0.25, -0.2) is 9.78 Å². The van der Waals surface area contributed by atoms with Crippen molar-refractivity contribution in [2.75, 3.05) is 23.9 Å². The molecule has 0 bridgehead atoms. The van der Waals surface area contributed by atoms with Crippen molar-refractivity contribution < 1.29 is 9.53 Å². The monoisotopic (exact) mass is 362 g/mol. The summed E-state index contributed by atoms with van der Waals surface area (Å²) in [4.78, 5) is 22.8. The molecule has 27 heavy (non-hydrogen) atoms. The van der Waals surface area contributed by atoms with Crippen LogP contribution in [0.5, 0.6) is 0 Å². The van der Waals surface area contributed by atoms with Crippen molar-refractivity contribution in [3.63, 3.8) is 0 Å². The number of nitrogens with one attached hydrogen (secondary N) is 1. The maximum Gasteiger partial charge on any atom is 0.338 e. The third kappa shape index (κ3) is 4.61. The van der Waals surface area contributed by atoms with E-state index in [1.807, 2.05) is 55.3 Å². The van der Waals surface area contributed by atoms with Crippen LogP contribution in [0.1, 0.15) is 23.0 Å². The Labute approximate surface area is 158 Å². The van der Waals surface area contributed by atoms with E-state index in [1.165, 1.54) is 0 Å². The number of para-hydroxylation sites is 1. The molecule has 3 rings (SSSR count). The topological polar surface area (TPSA) is 67.3 Å². The molecule has 0 fully saturated rings. The van der Waals surface area contributed by atoms with Crippen LogP contribution in [0.3, 0.4) is 0 Å². The van der Waals surface area contributed by atoms with Gasteiger partial charge in [-0.2, -0.15) is 4.98 Å². The van der Waals surface area contributed by atoms with E-state index in [9.17, 15) is 4.79 Å². The minimum absolute atomic E-state index is 0.331. The molecule has 0 aliphatic carbocycles. The average Bonchev–Trinajstić information content (AvgIpc) is 2.68. The van der Waals surface area contributed by atoms with Gasteiger partial charge in [0.15, 0.2) is 0 Å². The van der Waals surface area contributed by atoms with E-state index in [4.69, 9.17) is 4.74 Å². The number of aryl methyl sites for hydroxylation is 1. The van der Waals surface area contributed by atoms with Gasteiger partial charge in [0.1, 0.15) is 5.82 Å². The van der Waals surface area contributed by atoms with Gasteiger partial charge in [-0.05, 0) is 50.2 Å². The summed E-state index contributed by atoms with van der Waals surface area (Å²) in [6, 6.07) is 19.0. The zero-order valence-electron chi connectivity index (χ0n) is 15.6. The largest absolute Gasteiger partial charge is 0.462 e. The van der Waals surface area contributed by atoms with Crippen LogP contribution in [-0.2, 0) is 4.74 Å². The fourth-order valence-corrected chi connectivity index (χ4v) is 2.60. The Morgan fingerprint density at radius 1 is 1.07 bits per heavy atom. The highest BCUT2D eigenvalue weighted by Gasteiger charge is 2.10. The van der Waals surface area contributed by atoms with E-state index in [1.54, 1.807) is 31.2 Å². The van der Waals surface area contributed by atoms with Crippen molar-refractivity contribution in [1.82, 2.24) is 9.97 Å². The molecule has 6 heteroatoms. The lowest BCUT2D eigenvalue weighted by molar-refractivity contribution is 0.0526. The van der Waals surface area contributed by atoms with E-state index < -0.39 is 0 Å². The van der Waals surface area contributed by atoms with Crippen LogP contribution in [-0.4, -0.2) is 29.6 Å². The minimum atomic E-state index is -0.331. The van der Waals surface area contributed by atoms with Crippen molar-refractivity contribution in [2.45, 2.75) is 13.8 Å². The summed E-state index contributed by atoms with van der Waals surface area (Å²) in [6.45, 7) is 4.07. The Kier molecular flexibility index (Phi) is 5.66. The fourth-order valence-electron chi connectivity index (χ4n) is 2.60. The molecule has 1 aromatic heterocycles. The van der Waals surface area contributed by atoms with Gasteiger partial charge >= 0.3 is 5.97 Å². The van der Waals surface area contributed by atoms with Gasteiger partial charge in [-0.15, -0.1) is 0 Å². The summed E-state index contributed by atoms with van der Waals surface area (Å²) in [6.07, 6.45) is 0. The predicted molar refractivity (Wildman–Crippen MR) is 107 cm³/mol. The molecule has 0 amide bonds. The number of carbonyl (C=O) groups is 1. The average molecular weight is 362 g/mol. The summed E-state index contributed by atoms with van der Waals surface area (Å²) in [5.41, 5.74) is 3.20. The summed E-state index contributed by atoms with van der Waals surface area (Å²) in [5.74, 6) is 0.957. The minimum Gasteiger partial charge on any atom is -0.462 e. The summed E-state index contributed by atoms with van der Waals surface area (Å²) >= 11 is 0. The maximum atomic E-state index is 11.7. The Morgan fingerprint density at radius 2 is 1.78 bits per heavy atom. The van der Waals surface area contributed by atoms with E-state index in [0.29, 0.717) is 18.1 Å². The Bertz CT molecular complexity index is 911. The number of ether oxygens (including phenoxy) is 1. The second kappa shape index (κ2) is 8.31. The maximum absolute atomic E-state index is 11.7. The van der Waals surface area contributed by atoms with Gasteiger partial charge in [0.05, 0.1) is 12.2 Å². The molecule has 2 aromatic carbocycles. The number of anilines is 4. The lowest BCUT2D eigenvalue weighted by Gasteiger charge is -2.19. The van der Waals surface area contributed by atoms with Gasteiger partial charge in [0.2, 0.25) is 5.95 Å². The van der Waals surface area contributed by atoms with Crippen molar-refractivity contribution in [1.29, 1.82) is 0 Å². The van der Waals surface area contributed by atoms with Crippen LogP contribution in [0, 0.1) is 6.92 Å². The number of carbonyl (C=O) groups excluding carboxylic acids is 1. The molecule has 0 spiro atoms. The normalized spacial score (nSPS) is 10.3. The quantitative estimate of drug-likeness (QED) is 0.653. The third-order valence-electron chi connectivity index (χ3n) is 3.98. The van der Waals surface area contributed by atoms with Crippen LogP contribution in [0.15, 0.2) is 60.7 Å². The summed E-state index contributed by atoms with van der Waals surface area (Å²) in [5, 5.41) is 3.19.